The normalized spacial score (nSPS) is 20.1. The summed E-state index contributed by atoms with van der Waals surface area (Å²) >= 11 is 0. The van der Waals surface area contributed by atoms with Crippen LogP contribution in [0.1, 0.15) is 23.3 Å². The van der Waals surface area contributed by atoms with Crippen molar-refractivity contribution >= 4 is 16.7 Å². The van der Waals surface area contributed by atoms with Crippen molar-refractivity contribution < 1.29 is 9.53 Å². The van der Waals surface area contributed by atoms with Crippen molar-refractivity contribution in [2.24, 2.45) is 5.92 Å². The van der Waals surface area contributed by atoms with Crippen LogP contribution in [0, 0.1) is 5.92 Å². The molecule has 2 aromatic rings. The highest BCUT2D eigenvalue weighted by molar-refractivity contribution is 6.05. The lowest BCUT2D eigenvalue weighted by molar-refractivity contribution is 0.0242. The van der Waals surface area contributed by atoms with E-state index in [2.05, 4.69) is 9.88 Å². The molecule has 0 spiro atoms. The van der Waals surface area contributed by atoms with Crippen LogP contribution in [0.4, 0.5) is 0 Å². The number of carbonyl (C=O) groups is 1. The van der Waals surface area contributed by atoms with Gasteiger partial charge in [0.15, 0.2) is 0 Å². The first-order chi connectivity index (χ1) is 12.3. The molecule has 2 fully saturated rings. The molecule has 2 aliphatic rings. The Morgan fingerprint density at radius 3 is 2.64 bits per heavy atom. The molecule has 5 nitrogen and oxygen atoms in total. The Balaban J connectivity index is 1.39. The van der Waals surface area contributed by atoms with E-state index in [1.165, 1.54) is 0 Å². The van der Waals surface area contributed by atoms with E-state index in [0.29, 0.717) is 11.6 Å². The number of benzene rings is 1. The average Bonchev–Trinajstić information content (AvgIpc) is 2.68. The lowest BCUT2D eigenvalue weighted by atomic mass is 9.95. The molecule has 4 rings (SSSR count). The van der Waals surface area contributed by atoms with E-state index in [0.717, 1.165) is 69.6 Å². The van der Waals surface area contributed by atoms with Crippen LogP contribution in [0.25, 0.3) is 10.8 Å². The third-order valence-corrected chi connectivity index (χ3v) is 5.40. The highest BCUT2D eigenvalue weighted by atomic mass is 16.5. The first kappa shape index (κ1) is 16.5. The van der Waals surface area contributed by atoms with Gasteiger partial charge in [0, 0.05) is 44.3 Å². The summed E-state index contributed by atoms with van der Waals surface area (Å²) in [5.41, 5.74) is 0.588. The fourth-order valence-electron chi connectivity index (χ4n) is 3.91. The molecule has 3 heterocycles. The van der Waals surface area contributed by atoms with Crippen molar-refractivity contribution in [2.45, 2.75) is 12.8 Å². The molecule has 0 saturated carbocycles. The molecule has 1 amide bonds. The molecule has 0 atom stereocenters. The lowest BCUT2D eigenvalue weighted by Gasteiger charge is -2.36. The minimum absolute atomic E-state index is 0.0709. The maximum absolute atomic E-state index is 12.9. The molecule has 2 saturated heterocycles. The summed E-state index contributed by atoms with van der Waals surface area (Å²) in [6, 6.07) is 9.94. The van der Waals surface area contributed by atoms with Gasteiger partial charge in [-0.15, -0.1) is 0 Å². The summed E-state index contributed by atoms with van der Waals surface area (Å²) in [4.78, 5) is 21.8. The van der Waals surface area contributed by atoms with E-state index in [4.69, 9.17) is 4.74 Å². The molecule has 0 radical (unpaired) electrons. The van der Waals surface area contributed by atoms with Crippen LogP contribution in [0.5, 0.6) is 0 Å². The lowest BCUT2D eigenvalue weighted by Crippen LogP contribution is -2.44. The first-order valence-electron chi connectivity index (χ1n) is 9.24. The fraction of sp³-hybridized carbons (Fsp3) is 0.500. The van der Waals surface area contributed by atoms with Crippen LogP contribution in [0.3, 0.4) is 0 Å². The molecule has 5 heteroatoms. The molecule has 1 aromatic heterocycles. The summed E-state index contributed by atoms with van der Waals surface area (Å²) in [5, 5.41) is 2.02. The van der Waals surface area contributed by atoms with Crippen molar-refractivity contribution in [3.05, 3.63) is 42.2 Å². The molecule has 0 unspecified atom stereocenters. The molecule has 132 valence electrons. The van der Waals surface area contributed by atoms with Crippen molar-refractivity contribution in [3.63, 3.8) is 0 Å². The van der Waals surface area contributed by atoms with Crippen LogP contribution in [-0.2, 0) is 4.74 Å². The van der Waals surface area contributed by atoms with Crippen molar-refractivity contribution in [1.82, 2.24) is 14.8 Å². The van der Waals surface area contributed by atoms with Crippen LogP contribution in [-0.4, -0.2) is 66.6 Å². The second kappa shape index (κ2) is 7.50. The Morgan fingerprint density at radius 1 is 1.08 bits per heavy atom. The average molecular weight is 339 g/mol. The molecule has 1 aromatic carbocycles. The Kier molecular flexibility index (Phi) is 4.95. The number of carbonyl (C=O) groups excluding carboxylic acids is 1. The molecular formula is C20H25N3O2. The van der Waals surface area contributed by atoms with Gasteiger partial charge in [0.25, 0.3) is 5.91 Å². The quantitative estimate of drug-likeness (QED) is 0.862. The van der Waals surface area contributed by atoms with E-state index in [-0.39, 0.29) is 5.91 Å². The van der Waals surface area contributed by atoms with Gasteiger partial charge in [0.2, 0.25) is 0 Å². The number of aromatic nitrogens is 1. The van der Waals surface area contributed by atoms with E-state index in [1.807, 2.05) is 35.2 Å². The SMILES string of the molecule is O=C(c1nccc2ccccc12)N1CCC(CN2CCOCC2)CC1. The Bertz CT molecular complexity index is 729. The Hall–Kier alpha value is -1.98. The second-order valence-electron chi connectivity index (χ2n) is 7.03. The number of amides is 1. The number of fused-ring (bicyclic) bond motifs is 1. The number of hydrogen-bond acceptors (Lipinski definition) is 4. The third-order valence-electron chi connectivity index (χ3n) is 5.40. The van der Waals surface area contributed by atoms with Gasteiger partial charge >= 0.3 is 0 Å². The number of pyridine rings is 1. The van der Waals surface area contributed by atoms with Gasteiger partial charge in [-0.3, -0.25) is 14.7 Å². The van der Waals surface area contributed by atoms with E-state index < -0.39 is 0 Å². The van der Waals surface area contributed by atoms with E-state index in [1.54, 1.807) is 6.20 Å². The van der Waals surface area contributed by atoms with Gasteiger partial charge in [-0.1, -0.05) is 24.3 Å². The minimum Gasteiger partial charge on any atom is -0.379 e. The summed E-state index contributed by atoms with van der Waals surface area (Å²) in [6.07, 6.45) is 3.89. The fourth-order valence-corrected chi connectivity index (χ4v) is 3.91. The van der Waals surface area contributed by atoms with Gasteiger partial charge < -0.3 is 9.64 Å². The van der Waals surface area contributed by atoms with Crippen LogP contribution < -0.4 is 0 Å². The number of rotatable bonds is 3. The van der Waals surface area contributed by atoms with E-state index >= 15 is 0 Å². The predicted molar refractivity (Wildman–Crippen MR) is 97.6 cm³/mol. The molecule has 2 aliphatic heterocycles. The van der Waals surface area contributed by atoms with Gasteiger partial charge in [0.05, 0.1) is 13.2 Å². The van der Waals surface area contributed by atoms with Gasteiger partial charge in [0.1, 0.15) is 5.69 Å². The predicted octanol–water partition coefficient (Wildman–Crippen LogP) is 2.42. The monoisotopic (exact) mass is 339 g/mol. The van der Waals surface area contributed by atoms with Gasteiger partial charge in [-0.2, -0.15) is 0 Å². The topological polar surface area (TPSA) is 45.7 Å². The summed E-state index contributed by atoms with van der Waals surface area (Å²) in [7, 11) is 0. The zero-order chi connectivity index (χ0) is 17.1. The number of hydrogen-bond donors (Lipinski definition) is 0. The Morgan fingerprint density at radius 2 is 1.84 bits per heavy atom. The summed E-state index contributed by atoms with van der Waals surface area (Å²) < 4.78 is 5.42. The zero-order valence-electron chi connectivity index (χ0n) is 14.6. The number of morpholine rings is 1. The van der Waals surface area contributed by atoms with Crippen molar-refractivity contribution in [1.29, 1.82) is 0 Å². The zero-order valence-corrected chi connectivity index (χ0v) is 14.6. The number of nitrogens with zero attached hydrogens (tertiary/aromatic N) is 3. The second-order valence-corrected chi connectivity index (χ2v) is 7.03. The highest BCUT2D eigenvalue weighted by Crippen LogP contribution is 2.23. The van der Waals surface area contributed by atoms with Gasteiger partial charge in [-0.05, 0) is 30.2 Å². The summed E-state index contributed by atoms with van der Waals surface area (Å²) in [6.45, 7) is 6.59. The molecule has 0 N–H and O–H groups in total. The number of piperidine rings is 1. The maximum Gasteiger partial charge on any atom is 0.273 e. The minimum atomic E-state index is 0.0709. The summed E-state index contributed by atoms with van der Waals surface area (Å²) in [5.74, 6) is 0.754. The molecular weight excluding hydrogens is 314 g/mol. The standard InChI is InChI=1S/C20H25N3O2/c24-20(19-18-4-2-1-3-17(18)5-8-21-19)23-9-6-16(7-10-23)15-22-11-13-25-14-12-22/h1-5,8,16H,6-7,9-15H2. The molecule has 25 heavy (non-hydrogen) atoms. The van der Waals surface area contributed by atoms with Crippen LogP contribution >= 0.6 is 0 Å². The first-order valence-corrected chi connectivity index (χ1v) is 9.24. The highest BCUT2D eigenvalue weighted by Gasteiger charge is 2.26. The number of likely N-dealkylation sites (tertiary alicyclic amines) is 1. The smallest absolute Gasteiger partial charge is 0.273 e. The Labute approximate surface area is 148 Å². The van der Waals surface area contributed by atoms with E-state index in [9.17, 15) is 4.79 Å². The maximum atomic E-state index is 12.9. The molecule has 0 aliphatic carbocycles. The van der Waals surface area contributed by atoms with Crippen molar-refractivity contribution in [2.75, 3.05) is 45.9 Å². The largest absolute Gasteiger partial charge is 0.379 e. The number of ether oxygens (including phenoxy) is 1. The van der Waals surface area contributed by atoms with Crippen molar-refractivity contribution in [3.8, 4) is 0 Å². The van der Waals surface area contributed by atoms with Crippen LogP contribution in [0.2, 0.25) is 0 Å². The van der Waals surface area contributed by atoms with Gasteiger partial charge in [-0.25, -0.2) is 0 Å². The molecule has 0 bridgehead atoms. The third kappa shape index (κ3) is 3.67. The van der Waals surface area contributed by atoms with Crippen LogP contribution in [0.15, 0.2) is 36.5 Å².